The second-order valence-corrected chi connectivity index (χ2v) is 4.61. The Balaban J connectivity index is 2.95. The van der Waals surface area contributed by atoms with Crippen molar-refractivity contribution in [3.8, 4) is 11.8 Å². The fraction of sp³-hybridized carbons (Fsp3) is 0. The maximum atomic E-state index is 9.70. The van der Waals surface area contributed by atoms with E-state index in [1.807, 2.05) is 23.6 Å². The summed E-state index contributed by atoms with van der Waals surface area (Å²) in [6.07, 6.45) is 0. The molecule has 13 heavy (non-hydrogen) atoms. The summed E-state index contributed by atoms with van der Waals surface area (Å²) in [6, 6.07) is 5.84. The van der Waals surface area contributed by atoms with Gasteiger partial charge in [-0.25, -0.2) is 0 Å². The van der Waals surface area contributed by atoms with Crippen molar-refractivity contribution in [1.29, 1.82) is 5.26 Å². The normalized spacial score (nSPS) is 10.2. The Morgan fingerprint density at radius 1 is 1.54 bits per heavy atom. The number of thiophene rings is 1. The highest BCUT2D eigenvalue weighted by molar-refractivity contribution is 14.1. The van der Waals surface area contributed by atoms with Crippen LogP contribution in [0.2, 0.25) is 0 Å². The summed E-state index contributed by atoms with van der Waals surface area (Å²) in [4.78, 5) is 0. The van der Waals surface area contributed by atoms with Crippen molar-refractivity contribution in [2.75, 3.05) is 0 Å². The molecule has 0 saturated heterocycles. The molecular formula is C9H4INOS. The van der Waals surface area contributed by atoms with Crippen LogP contribution in [0.1, 0.15) is 5.56 Å². The first-order chi connectivity index (χ1) is 6.24. The molecule has 64 valence electrons. The maximum Gasteiger partial charge on any atom is 0.152 e. The van der Waals surface area contributed by atoms with Gasteiger partial charge in [-0.05, 0) is 45.5 Å². The van der Waals surface area contributed by atoms with Crippen molar-refractivity contribution in [3.05, 3.63) is 26.6 Å². The van der Waals surface area contributed by atoms with E-state index in [1.165, 1.54) is 11.3 Å². The molecule has 1 aromatic heterocycles. The van der Waals surface area contributed by atoms with E-state index in [-0.39, 0.29) is 5.75 Å². The Kier molecular flexibility index (Phi) is 2.14. The van der Waals surface area contributed by atoms with E-state index in [0.717, 1.165) is 13.7 Å². The minimum atomic E-state index is 0.111. The van der Waals surface area contributed by atoms with Gasteiger partial charge in [0, 0.05) is 3.57 Å². The maximum absolute atomic E-state index is 9.70. The third-order valence-electron chi connectivity index (χ3n) is 1.78. The Hall–Kier alpha value is -0.800. The predicted molar refractivity (Wildman–Crippen MR) is 60.9 cm³/mol. The van der Waals surface area contributed by atoms with Crippen LogP contribution in [0.15, 0.2) is 17.5 Å². The van der Waals surface area contributed by atoms with Crippen molar-refractivity contribution in [3.63, 3.8) is 0 Å². The molecule has 2 nitrogen and oxygen atoms in total. The largest absolute Gasteiger partial charge is 0.505 e. The molecular weight excluding hydrogens is 297 g/mol. The SMILES string of the molecule is N#Cc1c(I)cc2ccsc2c1O. The zero-order valence-corrected chi connectivity index (χ0v) is 9.39. The van der Waals surface area contributed by atoms with Crippen LogP contribution in [0, 0.1) is 14.9 Å². The van der Waals surface area contributed by atoms with E-state index >= 15 is 0 Å². The topological polar surface area (TPSA) is 44.0 Å². The average molecular weight is 301 g/mol. The van der Waals surface area contributed by atoms with E-state index in [9.17, 15) is 5.11 Å². The molecule has 0 aliphatic rings. The second-order valence-electron chi connectivity index (χ2n) is 2.53. The van der Waals surface area contributed by atoms with Crippen LogP contribution in [0.5, 0.6) is 5.75 Å². The van der Waals surface area contributed by atoms with E-state index in [2.05, 4.69) is 22.6 Å². The van der Waals surface area contributed by atoms with Crippen LogP contribution in [-0.4, -0.2) is 5.11 Å². The van der Waals surface area contributed by atoms with E-state index in [0.29, 0.717) is 5.56 Å². The molecule has 0 atom stereocenters. The van der Waals surface area contributed by atoms with Crippen LogP contribution in [0.4, 0.5) is 0 Å². The predicted octanol–water partition coefficient (Wildman–Crippen LogP) is 3.08. The first-order valence-corrected chi connectivity index (χ1v) is 5.48. The van der Waals surface area contributed by atoms with Gasteiger partial charge >= 0.3 is 0 Å². The van der Waals surface area contributed by atoms with Crippen molar-refractivity contribution in [2.24, 2.45) is 0 Å². The number of aromatic hydroxyl groups is 1. The summed E-state index contributed by atoms with van der Waals surface area (Å²) < 4.78 is 1.58. The van der Waals surface area contributed by atoms with Gasteiger partial charge in [-0.1, -0.05) is 0 Å². The fourth-order valence-corrected chi connectivity index (χ4v) is 2.71. The summed E-state index contributed by atoms with van der Waals surface area (Å²) in [7, 11) is 0. The second kappa shape index (κ2) is 3.16. The lowest BCUT2D eigenvalue weighted by Gasteiger charge is -2.00. The van der Waals surface area contributed by atoms with Gasteiger partial charge in [-0.3, -0.25) is 0 Å². The monoisotopic (exact) mass is 301 g/mol. The summed E-state index contributed by atoms with van der Waals surface area (Å²) in [5.74, 6) is 0.111. The zero-order valence-electron chi connectivity index (χ0n) is 6.41. The lowest BCUT2D eigenvalue weighted by Crippen LogP contribution is -1.82. The highest BCUT2D eigenvalue weighted by Crippen LogP contribution is 2.35. The molecule has 2 aromatic rings. The molecule has 0 spiro atoms. The molecule has 1 aromatic carbocycles. The summed E-state index contributed by atoms with van der Waals surface area (Å²) in [5, 5.41) is 21.4. The number of phenols is 1. The van der Waals surface area contributed by atoms with Gasteiger partial charge in [-0.2, -0.15) is 5.26 Å². The Morgan fingerprint density at radius 3 is 3.00 bits per heavy atom. The highest BCUT2D eigenvalue weighted by atomic mass is 127. The van der Waals surface area contributed by atoms with Crippen LogP contribution in [0.25, 0.3) is 10.1 Å². The fourth-order valence-electron chi connectivity index (χ4n) is 1.17. The molecule has 0 radical (unpaired) electrons. The molecule has 0 aliphatic heterocycles. The molecule has 4 heteroatoms. The number of hydrogen-bond donors (Lipinski definition) is 1. The quantitative estimate of drug-likeness (QED) is 0.760. The average Bonchev–Trinajstić information content (AvgIpc) is 2.53. The standard InChI is InChI=1S/C9H4INOS/c10-7-3-5-1-2-13-9(5)8(12)6(7)4-11/h1-3,12H. The summed E-state index contributed by atoms with van der Waals surface area (Å²) in [5.41, 5.74) is 0.371. The van der Waals surface area contributed by atoms with Gasteiger partial charge in [0.15, 0.2) is 5.75 Å². The molecule has 0 bridgehead atoms. The Morgan fingerprint density at radius 2 is 2.31 bits per heavy atom. The molecule has 1 heterocycles. The number of halogens is 1. The van der Waals surface area contributed by atoms with Crippen LogP contribution in [-0.2, 0) is 0 Å². The third-order valence-corrected chi connectivity index (χ3v) is 3.57. The first-order valence-electron chi connectivity index (χ1n) is 3.53. The molecule has 0 saturated carbocycles. The molecule has 2 rings (SSSR count). The number of benzene rings is 1. The number of fused-ring (bicyclic) bond motifs is 1. The van der Waals surface area contributed by atoms with Crippen LogP contribution >= 0.6 is 33.9 Å². The third kappa shape index (κ3) is 1.28. The number of phenolic OH excluding ortho intramolecular Hbond substituents is 1. The smallest absolute Gasteiger partial charge is 0.152 e. The molecule has 0 unspecified atom stereocenters. The number of rotatable bonds is 0. The number of nitriles is 1. The van der Waals surface area contributed by atoms with Gasteiger partial charge in [0.1, 0.15) is 11.6 Å². The zero-order chi connectivity index (χ0) is 9.42. The lowest BCUT2D eigenvalue weighted by molar-refractivity contribution is 0.480. The number of nitrogens with zero attached hydrogens (tertiary/aromatic N) is 1. The lowest BCUT2D eigenvalue weighted by atomic mass is 10.2. The minimum absolute atomic E-state index is 0.111. The minimum Gasteiger partial charge on any atom is -0.505 e. The number of hydrogen-bond acceptors (Lipinski definition) is 3. The van der Waals surface area contributed by atoms with Crippen LogP contribution in [0.3, 0.4) is 0 Å². The molecule has 0 aliphatic carbocycles. The Bertz CT molecular complexity index is 512. The van der Waals surface area contributed by atoms with Gasteiger partial charge in [-0.15, -0.1) is 11.3 Å². The van der Waals surface area contributed by atoms with Crippen molar-refractivity contribution < 1.29 is 5.11 Å². The summed E-state index contributed by atoms with van der Waals surface area (Å²) >= 11 is 3.50. The van der Waals surface area contributed by atoms with E-state index < -0.39 is 0 Å². The Labute approximate surface area is 92.6 Å². The highest BCUT2D eigenvalue weighted by Gasteiger charge is 2.11. The van der Waals surface area contributed by atoms with Gasteiger partial charge < -0.3 is 5.11 Å². The van der Waals surface area contributed by atoms with Crippen molar-refractivity contribution in [1.82, 2.24) is 0 Å². The molecule has 0 fully saturated rings. The molecule has 1 N–H and O–H groups in total. The summed E-state index contributed by atoms with van der Waals surface area (Å²) in [6.45, 7) is 0. The van der Waals surface area contributed by atoms with Gasteiger partial charge in [0.05, 0.1) is 4.70 Å². The van der Waals surface area contributed by atoms with Crippen molar-refractivity contribution in [2.45, 2.75) is 0 Å². The molecule has 0 amide bonds. The van der Waals surface area contributed by atoms with E-state index in [4.69, 9.17) is 5.26 Å². The van der Waals surface area contributed by atoms with E-state index in [1.54, 1.807) is 0 Å². The van der Waals surface area contributed by atoms with Crippen LogP contribution < -0.4 is 0 Å². The van der Waals surface area contributed by atoms with Crippen molar-refractivity contribution >= 4 is 44.0 Å². The first kappa shape index (κ1) is 8.78. The van der Waals surface area contributed by atoms with Gasteiger partial charge in [0.2, 0.25) is 0 Å². The van der Waals surface area contributed by atoms with Gasteiger partial charge in [0.25, 0.3) is 0 Å².